The van der Waals surface area contributed by atoms with Gasteiger partial charge in [0.1, 0.15) is 11.8 Å². The number of ether oxygens (including phenoxy) is 1. The van der Waals surface area contributed by atoms with Crippen LogP contribution in [-0.2, 0) is 4.79 Å². The fourth-order valence-electron chi connectivity index (χ4n) is 3.39. The number of piperidine rings is 1. The zero-order valence-electron chi connectivity index (χ0n) is 16.2. The Balaban J connectivity index is 1.97. The van der Waals surface area contributed by atoms with Crippen LogP contribution in [-0.4, -0.2) is 48.9 Å². The molecule has 0 spiro atoms. The molecule has 3 amide bonds. The van der Waals surface area contributed by atoms with Crippen molar-refractivity contribution >= 4 is 17.7 Å². The highest BCUT2D eigenvalue weighted by molar-refractivity contribution is 5.98. The molecule has 3 N–H and O–H groups in total. The molecular formula is C20H29N3O4. The SMILES string of the molecule is CC[C@H](C)[C@@H](NC(N)=O)C(=O)N1CCC(C(=O)c2ccc(OC)cc2)CC1. The molecule has 1 fully saturated rings. The molecular weight excluding hydrogens is 346 g/mol. The molecule has 7 heteroatoms. The van der Waals surface area contributed by atoms with E-state index < -0.39 is 12.1 Å². The number of amides is 3. The normalized spacial score (nSPS) is 17.1. The van der Waals surface area contributed by atoms with Crippen LogP contribution in [0.3, 0.4) is 0 Å². The third-order valence-corrected chi connectivity index (χ3v) is 5.33. The molecule has 1 aromatic rings. The predicted molar refractivity (Wildman–Crippen MR) is 103 cm³/mol. The first-order chi connectivity index (χ1) is 12.9. The molecule has 1 aromatic carbocycles. The second-order valence-electron chi connectivity index (χ2n) is 7.06. The number of likely N-dealkylation sites (tertiary alicyclic amines) is 1. The summed E-state index contributed by atoms with van der Waals surface area (Å²) in [4.78, 5) is 38.5. The average Bonchev–Trinajstić information content (AvgIpc) is 2.70. The molecule has 2 rings (SSSR count). The minimum Gasteiger partial charge on any atom is -0.497 e. The first-order valence-corrected chi connectivity index (χ1v) is 9.40. The quantitative estimate of drug-likeness (QED) is 0.713. The van der Waals surface area contributed by atoms with Gasteiger partial charge in [0, 0.05) is 24.6 Å². The van der Waals surface area contributed by atoms with Crippen molar-refractivity contribution in [2.24, 2.45) is 17.6 Å². The summed E-state index contributed by atoms with van der Waals surface area (Å²) in [6, 6.07) is 5.78. The lowest BCUT2D eigenvalue weighted by molar-refractivity contribution is -0.135. The summed E-state index contributed by atoms with van der Waals surface area (Å²) in [6.45, 7) is 4.88. The largest absolute Gasteiger partial charge is 0.497 e. The summed E-state index contributed by atoms with van der Waals surface area (Å²) >= 11 is 0. The van der Waals surface area contributed by atoms with Crippen molar-refractivity contribution < 1.29 is 19.1 Å². The van der Waals surface area contributed by atoms with Crippen molar-refractivity contribution in [3.05, 3.63) is 29.8 Å². The summed E-state index contributed by atoms with van der Waals surface area (Å²) in [7, 11) is 1.59. The Morgan fingerprint density at radius 2 is 1.81 bits per heavy atom. The fraction of sp³-hybridized carbons (Fsp3) is 0.550. The van der Waals surface area contributed by atoms with Crippen molar-refractivity contribution in [1.82, 2.24) is 10.2 Å². The molecule has 27 heavy (non-hydrogen) atoms. The van der Waals surface area contributed by atoms with E-state index in [2.05, 4.69) is 5.32 Å². The molecule has 0 radical (unpaired) electrons. The van der Waals surface area contributed by atoms with Crippen LogP contribution in [0.2, 0.25) is 0 Å². The molecule has 0 unspecified atom stereocenters. The Labute approximate surface area is 160 Å². The van der Waals surface area contributed by atoms with Gasteiger partial charge in [-0.05, 0) is 43.0 Å². The third-order valence-electron chi connectivity index (χ3n) is 5.33. The van der Waals surface area contributed by atoms with E-state index in [1.807, 2.05) is 13.8 Å². The molecule has 1 aliphatic heterocycles. The van der Waals surface area contributed by atoms with Gasteiger partial charge in [-0.25, -0.2) is 4.79 Å². The maximum Gasteiger partial charge on any atom is 0.312 e. The number of ketones is 1. The van der Waals surface area contributed by atoms with Gasteiger partial charge in [-0.2, -0.15) is 0 Å². The van der Waals surface area contributed by atoms with Crippen LogP contribution in [0.25, 0.3) is 0 Å². The fourth-order valence-corrected chi connectivity index (χ4v) is 3.39. The van der Waals surface area contributed by atoms with E-state index in [0.29, 0.717) is 37.2 Å². The number of methoxy groups -OCH3 is 1. The van der Waals surface area contributed by atoms with Crippen molar-refractivity contribution in [3.8, 4) is 5.75 Å². The molecule has 1 heterocycles. The van der Waals surface area contributed by atoms with Gasteiger partial charge in [0.2, 0.25) is 5.91 Å². The molecule has 0 aliphatic carbocycles. The van der Waals surface area contributed by atoms with Crippen LogP contribution in [0.1, 0.15) is 43.5 Å². The van der Waals surface area contributed by atoms with Crippen LogP contribution in [0.5, 0.6) is 5.75 Å². The number of nitrogens with two attached hydrogens (primary N) is 1. The van der Waals surface area contributed by atoms with E-state index >= 15 is 0 Å². The summed E-state index contributed by atoms with van der Waals surface area (Å²) < 4.78 is 5.12. The number of hydrogen-bond acceptors (Lipinski definition) is 4. The third kappa shape index (κ3) is 5.21. The number of urea groups is 1. The maximum absolute atomic E-state index is 12.8. The topological polar surface area (TPSA) is 102 Å². The molecule has 2 atom stereocenters. The second kappa shape index (κ2) is 9.39. The maximum atomic E-state index is 12.8. The lowest BCUT2D eigenvalue weighted by atomic mass is 9.88. The number of nitrogens with zero attached hydrogens (tertiary/aromatic N) is 1. The molecule has 0 aromatic heterocycles. The highest BCUT2D eigenvalue weighted by Gasteiger charge is 2.33. The number of Topliss-reactive ketones (excluding diaryl/α,β-unsaturated/α-hetero) is 1. The number of primary amides is 1. The Kier molecular flexibility index (Phi) is 7.21. The van der Waals surface area contributed by atoms with Crippen LogP contribution < -0.4 is 15.8 Å². The van der Waals surface area contributed by atoms with E-state index in [-0.39, 0.29) is 23.5 Å². The average molecular weight is 375 g/mol. The van der Waals surface area contributed by atoms with Gasteiger partial charge in [-0.3, -0.25) is 9.59 Å². The van der Waals surface area contributed by atoms with E-state index in [1.165, 1.54) is 0 Å². The molecule has 148 valence electrons. The molecule has 0 saturated carbocycles. The number of nitrogens with one attached hydrogen (secondary N) is 1. The van der Waals surface area contributed by atoms with E-state index in [4.69, 9.17) is 10.5 Å². The van der Waals surface area contributed by atoms with E-state index in [1.54, 1.807) is 36.3 Å². The summed E-state index contributed by atoms with van der Waals surface area (Å²) in [6.07, 6.45) is 1.98. The smallest absolute Gasteiger partial charge is 0.312 e. The molecule has 1 saturated heterocycles. The number of hydrogen-bond donors (Lipinski definition) is 2. The highest BCUT2D eigenvalue weighted by atomic mass is 16.5. The van der Waals surface area contributed by atoms with Gasteiger partial charge in [-0.1, -0.05) is 20.3 Å². The zero-order chi connectivity index (χ0) is 20.0. The van der Waals surface area contributed by atoms with Crippen molar-refractivity contribution in [1.29, 1.82) is 0 Å². The monoisotopic (exact) mass is 375 g/mol. The number of carbonyl (C=O) groups excluding carboxylic acids is 3. The molecule has 7 nitrogen and oxygen atoms in total. The van der Waals surface area contributed by atoms with Crippen LogP contribution in [0.15, 0.2) is 24.3 Å². The molecule has 0 bridgehead atoms. The lowest BCUT2D eigenvalue weighted by Crippen LogP contribution is -2.54. The first-order valence-electron chi connectivity index (χ1n) is 9.40. The van der Waals surface area contributed by atoms with E-state index in [0.717, 1.165) is 6.42 Å². The summed E-state index contributed by atoms with van der Waals surface area (Å²) in [5.74, 6) is 0.569. The van der Waals surface area contributed by atoms with Gasteiger partial charge in [0.05, 0.1) is 7.11 Å². The number of benzene rings is 1. The summed E-state index contributed by atoms with van der Waals surface area (Å²) in [5.41, 5.74) is 5.89. The lowest BCUT2D eigenvalue weighted by Gasteiger charge is -2.35. The van der Waals surface area contributed by atoms with Gasteiger partial charge in [0.15, 0.2) is 5.78 Å². The van der Waals surface area contributed by atoms with Crippen molar-refractivity contribution in [2.75, 3.05) is 20.2 Å². The van der Waals surface area contributed by atoms with Gasteiger partial charge >= 0.3 is 6.03 Å². The molecule has 1 aliphatic rings. The van der Waals surface area contributed by atoms with Crippen LogP contribution >= 0.6 is 0 Å². The van der Waals surface area contributed by atoms with Crippen LogP contribution in [0.4, 0.5) is 4.79 Å². The minimum atomic E-state index is -0.696. The summed E-state index contributed by atoms with van der Waals surface area (Å²) in [5, 5.41) is 2.57. The first kappa shape index (κ1) is 20.7. The Morgan fingerprint density at radius 1 is 1.22 bits per heavy atom. The Bertz CT molecular complexity index is 666. The van der Waals surface area contributed by atoms with Crippen molar-refractivity contribution in [2.45, 2.75) is 39.2 Å². The highest BCUT2D eigenvalue weighted by Crippen LogP contribution is 2.24. The van der Waals surface area contributed by atoms with Gasteiger partial charge in [-0.15, -0.1) is 0 Å². The number of rotatable bonds is 7. The van der Waals surface area contributed by atoms with E-state index in [9.17, 15) is 14.4 Å². The van der Waals surface area contributed by atoms with Gasteiger partial charge in [0.25, 0.3) is 0 Å². The predicted octanol–water partition coefficient (Wildman–Crippen LogP) is 2.20. The van der Waals surface area contributed by atoms with Crippen molar-refractivity contribution in [3.63, 3.8) is 0 Å². The van der Waals surface area contributed by atoms with Gasteiger partial charge < -0.3 is 20.7 Å². The minimum absolute atomic E-state index is 0.0105. The standard InChI is InChI=1S/C20H29N3O4/c1-4-13(2)17(22-20(21)26)19(25)23-11-9-15(10-12-23)18(24)14-5-7-16(27-3)8-6-14/h5-8,13,15,17H,4,9-12H2,1-3H3,(H3,21,22,26)/t13-,17+/m0/s1. The van der Waals surface area contributed by atoms with Crippen LogP contribution in [0, 0.1) is 11.8 Å². The second-order valence-corrected chi connectivity index (χ2v) is 7.06. The Hall–Kier alpha value is -2.57. The zero-order valence-corrected chi connectivity index (χ0v) is 16.2. The number of carbonyl (C=O) groups is 3. The Morgan fingerprint density at radius 3 is 2.30 bits per heavy atom.